The Hall–Kier alpha value is -2.41. The molecule has 0 aliphatic rings. The topological polar surface area (TPSA) is 136 Å². The van der Waals surface area contributed by atoms with Crippen molar-refractivity contribution < 1.29 is 19.5 Å². The molecule has 0 bridgehead atoms. The number of benzene rings is 1. The van der Waals surface area contributed by atoms with E-state index in [1.54, 1.807) is 6.07 Å². The first-order valence-corrected chi connectivity index (χ1v) is 6.00. The Balaban J connectivity index is 2.81. The molecule has 1 amide bonds. The van der Waals surface area contributed by atoms with Gasteiger partial charge in [-0.05, 0) is 24.6 Å². The highest BCUT2D eigenvalue weighted by Crippen LogP contribution is 2.20. The second-order valence-electron chi connectivity index (χ2n) is 4.39. The van der Waals surface area contributed by atoms with Crippen molar-refractivity contribution in [2.24, 2.45) is 5.73 Å². The van der Waals surface area contributed by atoms with Crippen LogP contribution in [-0.4, -0.2) is 28.8 Å². The number of nitrogens with one attached hydrogen (secondary N) is 1. The highest BCUT2D eigenvalue weighted by Gasteiger charge is 2.16. The molecule has 6 N–H and O–H groups in total. The van der Waals surface area contributed by atoms with E-state index < -0.39 is 12.0 Å². The fourth-order valence-corrected chi connectivity index (χ4v) is 1.62. The summed E-state index contributed by atoms with van der Waals surface area (Å²) in [6.07, 6.45) is -0.000831. The molecule has 1 aromatic rings. The molecule has 108 valence electrons. The van der Waals surface area contributed by atoms with E-state index in [0.717, 1.165) is 0 Å². The summed E-state index contributed by atoms with van der Waals surface area (Å²) >= 11 is 0. The quantitative estimate of drug-likeness (QED) is 0.445. The summed E-state index contributed by atoms with van der Waals surface area (Å²) in [6, 6.07) is 3.47. The Labute approximate surface area is 115 Å². The SMILES string of the molecule is CC(=O)Nc1ccc(N)c(C(=O)CCC(N)C(=O)O)c1. The first-order chi connectivity index (χ1) is 9.31. The molecule has 0 aromatic heterocycles. The first kappa shape index (κ1) is 15.6. The van der Waals surface area contributed by atoms with E-state index in [4.69, 9.17) is 16.6 Å². The molecule has 7 heteroatoms. The van der Waals surface area contributed by atoms with Gasteiger partial charge in [0, 0.05) is 30.3 Å². The third-order valence-corrected chi connectivity index (χ3v) is 2.67. The molecular weight excluding hydrogens is 262 g/mol. The van der Waals surface area contributed by atoms with Gasteiger partial charge >= 0.3 is 5.97 Å². The maximum Gasteiger partial charge on any atom is 0.320 e. The minimum Gasteiger partial charge on any atom is -0.480 e. The van der Waals surface area contributed by atoms with Gasteiger partial charge in [0.1, 0.15) is 6.04 Å². The van der Waals surface area contributed by atoms with Gasteiger partial charge in [-0.25, -0.2) is 0 Å². The molecule has 1 atom stereocenters. The van der Waals surface area contributed by atoms with E-state index in [2.05, 4.69) is 5.32 Å². The minimum absolute atomic E-state index is 0.0258. The third kappa shape index (κ3) is 4.36. The highest BCUT2D eigenvalue weighted by atomic mass is 16.4. The number of ketones is 1. The van der Waals surface area contributed by atoms with Crippen molar-refractivity contribution >= 4 is 29.0 Å². The van der Waals surface area contributed by atoms with Gasteiger partial charge in [-0.2, -0.15) is 0 Å². The molecule has 1 unspecified atom stereocenters. The van der Waals surface area contributed by atoms with Crippen molar-refractivity contribution in [1.82, 2.24) is 0 Å². The van der Waals surface area contributed by atoms with Crippen molar-refractivity contribution in [3.05, 3.63) is 23.8 Å². The number of nitrogens with two attached hydrogens (primary N) is 2. The molecule has 1 rings (SSSR count). The second kappa shape index (κ2) is 6.67. The molecule has 0 aliphatic heterocycles. The van der Waals surface area contributed by atoms with Crippen molar-refractivity contribution in [3.8, 4) is 0 Å². The zero-order valence-electron chi connectivity index (χ0n) is 11.1. The van der Waals surface area contributed by atoms with Gasteiger partial charge in [-0.1, -0.05) is 0 Å². The van der Waals surface area contributed by atoms with Crippen LogP contribution in [0.15, 0.2) is 18.2 Å². The molecule has 0 spiro atoms. The van der Waals surface area contributed by atoms with Crippen LogP contribution in [0.25, 0.3) is 0 Å². The normalized spacial score (nSPS) is 11.7. The van der Waals surface area contributed by atoms with E-state index in [-0.39, 0.29) is 35.8 Å². The lowest BCUT2D eigenvalue weighted by Crippen LogP contribution is -2.30. The summed E-state index contributed by atoms with van der Waals surface area (Å²) in [5.74, 6) is -1.73. The largest absolute Gasteiger partial charge is 0.480 e. The van der Waals surface area contributed by atoms with Gasteiger partial charge in [0.05, 0.1) is 0 Å². The van der Waals surface area contributed by atoms with Crippen LogP contribution in [-0.2, 0) is 9.59 Å². The number of aliphatic carboxylic acids is 1. The van der Waals surface area contributed by atoms with E-state index in [9.17, 15) is 14.4 Å². The number of hydrogen-bond acceptors (Lipinski definition) is 5. The molecule has 0 aliphatic carbocycles. The van der Waals surface area contributed by atoms with Crippen molar-refractivity contribution in [3.63, 3.8) is 0 Å². The van der Waals surface area contributed by atoms with Crippen LogP contribution in [0.5, 0.6) is 0 Å². The summed E-state index contributed by atoms with van der Waals surface area (Å²) < 4.78 is 0. The smallest absolute Gasteiger partial charge is 0.320 e. The molecule has 0 saturated carbocycles. The summed E-state index contributed by atoms with van der Waals surface area (Å²) in [6.45, 7) is 1.35. The Bertz CT molecular complexity index is 542. The summed E-state index contributed by atoms with van der Waals surface area (Å²) in [4.78, 5) is 33.5. The maximum absolute atomic E-state index is 12.0. The molecule has 1 aromatic carbocycles. The van der Waals surface area contributed by atoms with Crippen molar-refractivity contribution in [2.75, 3.05) is 11.1 Å². The number of hydrogen-bond donors (Lipinski definition) is 4. The van der Waals surface area contributed by atoms with Crippen LogP contribution < -0.4 is 16.8 Å². The standard InChI is InChI=1S/C13H17N3O4/c1-7(17)16-8-2-3-10(14)9(6-8)12(18)5-4-11(15)13(19)20/h2-3,6,11H,4-5,14-15H2,1H3,(H,16,17)(H,19,20). The lowest BCUT2D eigenvalue weighted by Gasteiger charge is -2.09. The number of amides is 1. The number of Topliss-reactive ketones (excluding diaryl/α,β-unsaturated/α-hetero) is 1. The van der Waals surface area contributed by atoms with Crippen LogP contribution in [0.2, 0.25) is 0 Å². The second-order valence-corrected chi connectivity index (χ2v) is 4.39. The van der Waals surface area contributed by atoms with Gasteiger partial charge in [0.25, 0.3) is 0 Å². The fourth-order valence-electron chi connectivity index (χ4n) is 1.62. The molecule has 0 radical (unpaired) electrons. The number of carbonyl (C=O) groups is 3. The zero-order valence-corrected chi connectivity index (χ0v) is 11.1. The summed E-state index contributed by atoms with van der Waals surface area (Å²) in [7, 11) is 0. The molecule has 7 nitrogen and oxygen atoms in total. The number of nitrogen functional groups attached to an aromatic ring is 1. The third-order valence-electron chi connectivity index (χ3n) is 2.67. The molecule has 0 fully saturated rings. The van der Waals surface area contributed by atoms with Gasteiger partial charge in [0.2, 0.25) is 5.91 Å². The average molecular weight is 279 g/mol. The van der Waals surface area contributed by atoms with Crippen LogP contribution in [0.4, 0.5) is 11.4 Å². The molecular formula is C13H17N3O4. The zero-order chi connectivity index (χ0) is 15.3. The van der Waals surface area contributed by atoms with Crippen LogP contribution in [0, 0.1) is 0 Å². The number of carboxylic acid groups (broad SMARTS) is 1. The number of rotatable bonds is 6. The van der Waals surface area contributed by atoms with Crippen molar-refractivity contribution in [2.45, 2.75) is 25.8 Å². The average Bonchev–Trinajstić information content (AvgIpc) is 2.37. The molecule has 0 heterocycles. The Kier molecular flexibility index (Phi) is 5.22. The van der Waals surface area contributed by atoms with Gasteiger partial charge < -0.3 is 21.9 Å². The van der Waals surface area contributed by atoms with E-state index in [0.29, 0.717) is 5.69 Å². The van der Waals surface area contributed by atoms with Gasteiger partial charge in [-0.15, -0.1) is 0 Å². The summed E-state index contributed by atoms with van der Waals surface area (Å²) in [5, 5.41) is 11.2. The fraction of sp³-hybridized carbons (Fsp3) is 0.308. The Morgan fingerprint density at radius 3 is 2.55 bits per heavy atom. The van der Waals surface area contributed by atoms with Crippen LogP contribution >= 0.6 is 0 Å². The number of carboxylic acids is 1. The van der Waals surface area contributed by atoms with Gasteiger partial charge in [0.15, 0.2) is 5.78 Å². The van der Waals surface area contributed by atoms with E-state index >= 15 is 0 Å². The number of anilines is 2. The van der Waals surface area contributed by atoms with Crippen LogP contribution in [0.3, 0.4) is 0 Å². The lowest BCUT2D eigenvalue weighted by atomic mass is 10.0. The minimum atomic E-state index is -1.15. The van der Waals surface area contributed by atoms with Gasteiger partial charge in [-0.3, -0.25) is 14.4 Å². The van der Waals surface area contributed by atoms with E-state index in [1.165, 1.54) is 19.1 Å². The lowest BCUT2D eigenvalue weighted by molar-refractivity contribution is -0.138. The first-order valence-electron chi connectivity index (χ1n) is 6.00. The van der Waals surface area contributed by atoms with E-state index in [1.807, 2.05) is 0 Å². The van der Waals surface area contributed by atoms with Crippen molar-refractivity contribution in [1.29, 1.82) is 0 Å². The predicted molar refractivity (Wildman–Crippen MR) is 74.3 cm³/mol. The molecule has 20 heavy (non-hydrogen) atoms. The predicted octanol–water partition coefficient (Wildman–Crippen LogP) is 0.602. The number of carbonyl (C=O) groups excluding carboxylic acids is 2. The molecule has 0 saturated heterocycles. The van der Waals surface area contributed by atoms with Crippen LogP contribution in [0.1, 0.15) is 30.1 Å². The monoisotopic (exact) mass is 279 g/mol. The summed E-state index contributed by atoms with van der Waals surface area (Å²) in [5.41, 5.74) is 12.0. The Morgan fingerprint density at radius 2 is 2.00 bits per heavy atom. The Morgan fingerprint density at radius 1 is 1.35 bits per heavy atom. The maximum atomic E-state index is 12.0. The highest BCUT2D eigenvalue weighted by molar-refractivity contribution is 6.02.